The van der Waals surface area contributed by atoms with Crippen LogP contribution in [0.4, 0.5) is 11.4 Å². The van der Waals surface area contributed by atoms with Crippen molar-refractivity contribution in [2.24, 2.45) is 5.92 Å². The molecule has 0 radical (unpaired) electrons. The number of hydrogen-bond acceptors (Lipinski definition) is 5. The highest BCUT2D eigenvalue weighted by Crippen LogP contribution is 2.28. The first kappa shape index (κ1) is 22.1. The van der Waals surface area contributed by atoms with Gasteiger partial charge in [0, 0.05) is 23.1 Å². The van der Waals surface area contributed by atoms with E-state index in [0.29, 0.717) is 28.8 Å². The molecular formula is C21H20BrClN2O5. The van der Waals surface area contributed by atoms with E-state index < -0.39 is 24.4 Å². The minimum absolute atomic E-state index is 0.0339. The molecule has 1 aliphatic heterocycles. The van der Waals surface area contributed by atoms with E-state index in [4.69, 9.17) is 21.1 Å². The average Bonchev–Trinajstić information content (AvgIpc) is 3.11. The smallest absolute Gasteiger partial charge is 0.311 e. The van der Waals surface area contributed by atoms with E-state index in [1.165, 1.54) is 4.90 Å². The molecule has 1 fully saturated rings. The predicted octanol–water partition coefficient (Wildman–Crippen LogP) is 4.04. The van der Waals surface area contributed by atoms with Crippen LogP contribution in [0.5, 0.6) is 5.75 Å². The molecule has 2 aromatic rings. The first-order valence-corrected chi connectivity index (χ1v) is 10.5. The second-order valence-corrected chi connectivity index (χ2v) is 7.94. The van der Waals surface area contributed by atoms with Gasteiger partial charge in [0.05, 0.1) is 23.2 Å². The predicted molar refractivity (Wildman–Crippen MR) is 117 cm³/mol. The SMILES string of the molecule is CCOc1ccc(N2C[C@H](C(=O)OCC(=O)Nc3ccc(Br)cc3Cl)CC2=O)cc1. The number of rotatable bonds is 7. The average molecular weight is 496 g/mol. The van der Waals surface area contributed by atoms with E-state index in [0.717, 1.165) is 4.47 Å². The van der Waals surface area contributed by atoms with Gasteiger partial charge in [0.2, 0.25) is 5.91 Å². The highest BCUT2D eigenvalue weighted by atomic mass is 79.9. The molecule has 1 N–H and O–H groups in total. The summed E-state index contributed by atoms with van der Waals surface area (Å²) in [5.74, 6) is -1.20. The molecule has 0 aliphatic carbocycles. The van der Waals surface area contributed by atoms with Crippen molar-refractivity contribution in [2.75, 3.05) is 30.0 Å². The minimum Gasteiger partial charge on any atom is -0.494 e. The van der Waals surface area contributed by atoms with Gasteiger partial charge in [-0.25, -0.2) is 0 Å². The summed E-state index contributed by atoms with van der Waals surface area (Å²) in [4.78, 5) is 38.3. The topological polar surface area (TPSA) is 84.9 Å². The van der Waals surface area contributed by atoms with E-state index in [1.807, 2.05) is 6.92 Å². The summed E-state index contributed by atoms with van der Waals surface area (Å²) in [5, 5.41) is 2.94. The lowest BCUT2D eigenvalue weighted by Gasteiger charge is -2.17. The Kier molecular flexibility index (Phi) is 7.33. The molecule has 1 atom stereocenters. The third-order valence-corrected chi connectivity index (χ3v) is 5.27. The number of nitrogens with one attached hydrogen (secondary N) is 1. The van der Waals surface area contributed by atoms with E-state index in [2.05, 4.69) is 21.2 Å². The van der Waals surface area contributed by atoms with Gasteiger partial charge < -0.3 is 19.7 Å². The number of ether oxygens (including phenoxy) is 2. The van der Waals surface area contributed by atoms with Gasteiger partial charge in [0.15, 0.2) is 6.61 Å². The van der Waals surface area contributed by atoms with Crippen molar-refractivity contribution in [1.29, 1.82) is 0 Å². The molecule has 1 saturated heterocycles. The first-order chi connectivity index (χ1) is 14.4. The van der Waals surface area contributed by atoms with Crippen LogP contribution in [-0.4, -0.2) is 37.5 Å². The summed E-state index contributed by atoms with van der Waals surface area (Å²) in [7, 11) is 0. The van der Waals surface area contributed by atoms with Crippen LogP contribution in [0.15, 0.2) is 46.9 Å². The van der Waals surface area contributed by atoms with Gasteiger partial charge in [-0.2, -0.15) is 0 Å². The van der Waals surface area contributed by atoms with Gasteiger partial charge in [-0.3, -0.25) is 14.4 Å². The molecule has 0 spiro atoms. The molecule has 1 heterocycles. The summed E-state index contributed by atoms with van der Waals surface area (Å²) in [5.41, 5.74) is 1.10. The molecule has 30 heavy (non-hydrogen) atoms. The summed E-state index contributed by atoms with van der Waals surface area (Å²) < 4.78 is 11.3. The van der Waals surface area contributed by atoms with E-state index in [9.17, 15) is 14.4 Å². The Morgan fingerprint density at radius 3 is 2.63 bits per heavy atom. The van der Waals surface area contributed by atoms with Crippen molar-refractivity contribution in [3.63, 3.8) is 0 Å². The number of halogens is 2. The van der Waals surface area contributed by atoms with Crippen LogP contribution < -0.4 is 15.0 Å². The van der Waals surface area contributed by atoms with Crippen LogP contribution in [0.3, 0.4) is 0 Å². The van der Waals surface area contributed by atoms with Crippen molar-refractivity contribution in [1.82, 2.24) is 0 Å². The Balaban J connectivity index is 1.52. The van der Waals surface area contributed by atoms with Crippen LogP contribution >= 0.6 is 27.5 Å². The fourth-order valence-corrected chi connectivity index (χ4v) is 3.76. The van der Waals surface area contributed by atoms with Crippen LogP contribution in [-0.2, 0) is 19.1 Å². The second kappa shape index (κ2) is 9.95. The zero-order chi connectivity index (χ0) is 21.7. The van der Waals surface area contributed by atoms with Crippen LogP contribution in [0.2, 0.25) is 5.02 Å². The van der Waals surface area contributed by atoms with Gasteiger partial charge in [-0.1, -0.05) is 27.5 Å². The van der Waals surface area contributed by atoms with Crippen LogP contribution in [0, 0.1) is 5.92 Å². The summed E-state index contributed by atoms with van der Waals surface area (Å²) in [6.07, 6.45) is 0.0339. The molecule has 7 nitrogen and oxygen atoms in total. The maximum atomic E-state index is 12.3. The van der Waals surface area contributed by atoms with E-state index >= 15 is 0 Å². The van der Waals surface area contributed by atoms with E-state index in [-0.39, 0.29) is 18.9 Å². The molecule has 158 valence electrons. The Hall–Kier alpha value is -2.58. The summed E-state index contributed by atoms with van der Waals surface area (Å²) in [6, 6.07) is 12.1. The summed E-state index contributed by atoms with van der Waals surface area (Å²) in [6.45, 7) is 2.18. The molecule has 0 bridgehead atoms. The zero-order valence-electron chi connectivity index (χ0n) is 16.2. The van der Waals surface area contributed by atoms with Crippen LogP contribution in [0.1, 0.15) is 13.3 Å². The van der Waals surface area contributed by atoms with Gasteiger partial charge in [0.1, 0.15) is 5.75 Å². The molecule has 2 aromatic carbocycles. The molecule has 0 unspecified atom stereocenters. The maximum Gasteiger partial charge on any atom is 0.311 e. The first-order valence-electron chi connectivity index (χ1n) is 9.32. The Bertz CT molecular complexity index is 951. The number of carbonyl (C=O) groups excluding carboxylic acids is 3. The number of nitrogens with zero attached hydrogens (tertiary/aromatic N) is 1. The highest BCUT2D eigenvalue weighted by molar-refractivity contribution is 9.10. The second-order valence-electron chi connectivity index (χ2n) is 6.61. The lowest BCUT2D eigenvalue weighted by Crippen LogP contribution is -2.28. The molecule has 0 aromatic heterocycles. The lowest BCUT2D eigenvalue weighted by molar-refractivity contribution is -0.151. The fourth-order valence-electron chi connectivity index (χ4n) is 3.04. The monoisotopic (exact) mass is 494 g/mol. The van der Waals surface area contributed by atoms with Gasteiger partial charge in [-0.15, -0.1) is 0 Å². The zero-order valence-corrected chi connectivity index (χ0v) is 18.5. The number of hydrogen-bond donors (Lipinski definition) is 1. The fraction of sp³-hybridized carbons (Fsp3) is 0.286. The third-order valence-electron chi connectivity index (χ3n) is 4.47. The standard InChI is InChI=1S/C21H20BrClN2O5/c1-2-29-16-6-4-15(5-7-16)25-11-13(9-20(25)27)21(28)30-12-19(26)24-18-8-3-14(22)10-17(18)23/h3-8,10,13H,2,9,11-12H2,1H3,(H,24,26)/t13-/m1/s1. The molecular weight excluding hydrogens is 476 g/mol. The van der Waals surface area contributed by atoms with Crippen molar-refractivity contribution in [2.45, 2.75) is 13.3 Å². The number of benzene rings is 2. The van der Waals surface area contributed by atoms with Crippen LogP contribution in [0.25, 0.3) is 0 Å². The van der Waals surface area contributed by atoms with Crippen molar-refractivity contribution < 1.29 is 23.9 Å². The minimum atomic E-state index is -0.631. The van der Waals surface area contributed by atoms with Crippen molar-refractivity contribution >= 4 is 56.7 Å². The Morgan fingerprint density at radius 1 is 1.23 bits per heavy atom. The number of esters is 1. The van der Waals surface area contributed by atoms with Crippen molar-refractivity contribution in [3.05, 3.63) is 52.0 Å². The van der Waals surface area contributed by atoms with E-state index in [1.54, 1.807) is 42.5 Å². The Morgan fingerprint density at radius 2 is 1.97 bits per heavy atom. The van der Waals surface area contributed by atoms with Gasteiger partial charge in [-0.05, 0) is 49.4 Å². The number of anilines is 2. The molecule has 1 aliphatic rings. The molecule has 2 amide bonds. The normalized spacial score (nSPS) is 15.8. The largest absolute Gasteiger partial charge is 0.494 e. The quantitative estimate of drug-likeness (QED) is 0.586. The molecule has 0 saturated carbocycles. The maximum absolute atomic E-state index is 12.3. The third kappa shape index (κ3) is 5.52. The summed E-state index contributed by atoms with van der Waals surface area (Å²) >= 11 is 9.34. The number of amides is 2. The molecule has 3 rings (SSSR count). The Labute approximate surface area is 187 Å². The van der Waals surface area contributed by atoms with Gasteiger partial charge >= 0.3 is 5.97 Å². The molecule has 9 heteroatoms. The highest BCUT2D eigenvalue weighted by Gasteiger charge is 2.36. The lowest BCUT2D eigenvalue weighted by atomic mass is 10.1. The number of carbonyl (C=O) groups is 3. The van der Waals surface area contributed by atoms with Gasteiger partial charge in [0.25, 0.3) is 5.91 Å². The van der Waals surface area contributed by atoms with Crippen molar-refractivity contribution in [3.8, 4) is 5.75 Å².